The average Bonchev–Trinajstić information content (AvgIpc) is 2.81. The van der Waals surface area contributed by atoms with Crippen LogP contribution in [0, 0.1) is 5.41 Å². The Morgan fingerprint density at radius 2 is 2.05 bits per heavy atom. The highest BCUT2D eigenvalue weighted by atomic mass is 15.2. The van der Waals surface area contributed by atoms with Crippen LogP contribution in [0.5, 0.6) is 0 Å². The number of piperidine rings is 1. The van der Waals surface area contributed by atoms with Gasteiger partial charge in [-0.25, -0.2) is 4.98 Å². The Balaban J connectivity index is 1.53. The number of hydrogen-bond acceptors (Lipinski definition) is 6. The molecule has 1 unspecified atom stereocenters. The fourth-order valence-corrected chi connectivity index (χ4v) is 3.85. The van der Waals surface area contributed by atoms with E-state index < -0.39 is 0 Å². The molecule has 22 heavy (non-hydrogen) atoms. The first-order valence-corrected chi connectivity index (χ1v) is 7.70. The maximum absolute atomic E-state index is 6.56. The molecular weight excluding hydrogens is 276 g/mol. The molecule has 2 aromatic heterocycles. The predicted molar refractivity (Wildman–Crippen MR) is 85.2 cm³/mol. The van der Waals surface area contributed by atoms with Crippen molar-refractivity contribution in [3.05, 3.63) is 42.0 Å². The molecule has 6 heteroatoms. The van der Waals surface area contributed by atoms with Crippen LogP contribution < -0.4 is 16.4 Å². The number of pyridine rings is 1. The Morgan fingerprint density at radius 1 is 1.23 bits per heavy atom. The van der Waals surface area contributed by atoms with Gasteiger partial charge in [-0.05, 0) is 36.3 Å². The molecule has 0 amide bonds. The molecule has 2 aliphatic rings. The molecule has 1 aliphatic heterocycles. The molecule has 114 valence electrons. The van der Waals surface area contributed by atoms with Crippen LogP contribution in [0.15, 0.2) is 30.7 Å². The fourth-order valence-electron chi connectivity index (χ4n) is 3.85. The summed E-state index contributed by atoms with van der Waals surface area (Å²) in [5.74, 6) is 1.32. The second-order valence-corrected chi connectivity index (χ2v) is 6.35. The van der Waals surface area contributed by atoms with Crippen LogP contribution in [0.25, 0.3) is 0 Å². The van der Waals surface area contributed by atoms with Gasteiger partial charge in [0.25, 0.3) is 0 Å². The van der Waals surface area contributed by atoms with Crippen LogP contribution in [0.4, 0.5) is 11.6 Å². The molecule has 1 saturated heterocycles. The van der Waals surface area contributed by atoms with Gasteiger partial charge in [0.2, 0.25) is 0 Å². The molecule has 4 rings (SSSR count). The molecule has 1 spiro atoms. The van der Waals surface area contributed by atoms with Gasteiger partial charge in [-0.2, -0.15) is 0 Å². The Hall–Kier alpha value is -2.21. The molecule has 2 aromatic rings. The van der Waals surface area contributed by atoms with Gasteiger partial charge < -0.3 is 16.4 Å². The Morgan fingerprint density at radius 3 is 2.77 bits per heavy atom. The summed E-state index contributed by atoms with van der Waals surface area (Å²) in [5, 5.41) is 0. The van der Waals surface area contributed by atoms with E-state index in [-0.39, 0.29) is 11.5 Å². The molecule has 0 aromatic carbocycles. The number of nitrogens with zero attached hydrogens (tertiary/aromatic N) is 4. The number of nitrogens with two attached hydrogens (primary N) is 2. The van der Waals surface area contributed by atoms with Crippen molar-refractivity contribution in [1.29, 1.82) is 0 Å². The molecule has 0 bridgehead atoms. The van der Waals surface area contributed by atoms with Crippen LogP contribution >= 0.6 is 0 Å². The first-order chi connectivity index (χ1) is 10.7. The van der Waals surface area contributed by atoms with Gasteiger partial charge >= 0.3 is 0 Å². The van der Waals surface area contributed by atoms with Crippen molar-refractivity contribution in [3.63, 3.8) is 0 Å². The van der Waals surface area contributed by atoms with E-state index in [1.54, 1.807) is 12.4 Å². The molecule has 1 aliphatic carbocycles. The smallest absolute Gasteiger partial charge is 0.149 e. The first-order valence-electron chi connectivity index (χ1n) is 7.70. The molecule has 1 fully saturated rings. The third-order valence-electron chi connectivity index (χ3n) is 5.16. The molecule has 6 nitrogen and oxygen atoms in total. The van der Waals surface area contributed by atoms with E-state index in [1.807, 2.05) is 12.3 Å². The minimum atomic E-state index is 0.0882. The monoisotopic (exact) mass is 296 g/mol. The van der Waals surface area contributed by atoms with Crippen molar-refractivity contribution < 1.29 is 0 Å². The molecule has 1 atom stereocenters. The van der Waals surface area contributed by atoms with Crippen LogP contribution in [0.3, 0.4) is 0 Å². The maximum Gasteiger partial charge on any atom is 0.149 e. The van der Waals surface area contributed by atoms with Gasteiger partial charge in [-0.1, -0.05) is 6.07 Å². The van der Waals surface area contributed by atoms with Gasteiger partial charge in [0.1, 0.15) is 11.6 Å². The number of anilines is 2. The summed E-state index contributed by atoms with van der Waals surface area (Å²) in [7, 11) is 0. The summed E-state index contributed by atoms with van der Waals surface area (Å²) < 4.78 is 0. The zero-order valence-electron chi connectivity index (χ0n) is 12.4. The largest absolute Gasteiger partial charge is 0.382 e. The lowest BCUT2D eigenvalue weighted by atomic mass is 9.73. The van der Waals surface area contributed by atoms with Crippen molar-refractivity contribution >= 4 is 11.6 Å². The highest BCUT2D eigenvalue weighted by molar-refractivity contribution is 5.43. The Kier molecular flexibility index (Phi) is 3.00. The Bertz CT molecular complexity index is 693. The maximum atomic E-state index is 6.56. The van der Waals surface area contributed by atoms with E-state index in [0.717, 1.165) is 38.2 Å². The SMILES string of the molecule is Nc1cncc(N2CCC3(CC2)Cc2ncccc2C3N)n1. The number of rotatable bonds is 1. The van der Waals surface area contributed by atoms with E-state index in [0.29, 0.717) is 5.82 Å². The van der Waals surface area contributed by atoms with Gasteiger partial charge in [0, 0.05) is 31.0 Å². The number of hydrogen-bond donors (Lipinski definition) is 2. The molecule has 0 saturated carbocycles. The standard InChI is InChI=1S/C16H20N6/c17-13-9-19-10-14(21-13)22-6-3-16(4-7-22)8-12-11(15(16)18)2-1-5-20-12/h1-2,5,9-10,15H,3-4,6-8,18H2,(H2,17,21). The summed E-state index contributed by atoms with van der Waals surface area (Å²) in [5.41, 5.74) is 14.8. The van der Waals surface area contributed by atoms with E-state index in [9.17, 15) is 0 Å². The zero-order chi connectivity index (χ0) is 15.2. The lowest BCUT2D eigenvalue weighted by Gasteiger charge is -2.42. The van der Waals surface area contributed by atoms with Crippen molar-refractivity contribution in [2.45, 2.75) is 25.3 Å². The topological polar surface area (TPSA) is 94.0 Å². The lowest BCUT2D eigenvalue weighted by Crippen LogP contribution is -2.44. The summed E-state index contributed by atoms with van der Waals surface area (Å²) in [4.78, 5) is 15.3. The van der Waals surface area contributed by atoms with E-state index in [2.05, 4.69) is 25.9 Å². The van der Waals surface area contributed by atoms with Crippen LogP contribution in [0.1, 0.15) is 30.1 Å². The van der Waals surface area contributed by atoms with Gasteiger partial charge in [-0.3, -0.25) is 9.97 Å². The first kappa shape index (κ1) is 13.5. The van der Waals surface area contributed by atoms with Gasteiger partial charge in [0.05, 0.1) is 12.4 Å². The second-order valence-electron chi connectivity index (χ2n) is 6.35. The zero-order valence-corrected chi connectivity index (χ0v) is 12.4. The number of fused-ring (bicyclic) bond motifs is 1. The van der Waals surface area contributed by atoms with Crippen molar-refractivity contribution in [2.75, 3.05) is 23.7 Å². The second kappa shape index (κ2) is 4.91. The van der Waals surface area contributed by atoms with Crippen molar-refractivity contribution in [1.82, 2.24) is 15.0 Å². The fraction of sp³-hybridized carbons (Fsp3) is 0.438. The molecular formula is C16H20N6. The highest BCUT2D eigenvalue weighted by Gasteiger charge is 2.46. The number of aromatic nitrogens is 3. The van der Waals surface area contributed by atoms with Crippen LogP contribution in [0.2, 0.25) is 0 Å². The minimum Gasteiger partial charge on any atom is -0.382 e. The number of nitrogen functional groups attached to an aromatic ring is 1. The van der Waals surface area contributed by atoms with E-state index in [4.69, 9.17) is 11.5 Å². The van der Waals surface area contributed by atoms with Crippen molar-refractivity contribution in [2.24, 2.45) is 11.1 Å². The van der Waals surface area contributed by atoms with E-state index >= 15 is 0 Å². The third-order valence-corrected chi connectivity index (χ3v) is 5.16. The molecule has 4 N–H and O–H groups in total. The normalized spacial score (nSPS) is 22.8. The molecule has 3 heterocycles. The quantitative estimate of drug-likeness (QED) is 0.823. The van der Waals surface area contributed by atoms with E-state index in [1.165, 1.54) is 11.3 Å². The van der Waals surface area contributed by atoms with Gasteiger partial charge in [0.15, 0.2) is 0 Å². The average molecular weight is 296 g/mol. The lowest BCUT2D eigenvalue weighted by molar-refractivity contribution is 0.186. The Labute approximate surface area is 129 Å². The predicted octanol–water partition coefficient (Wildman–Crippen LogP) is 1.30. The third kappa shape index (κ3) is 2.02. The summed E-state index contributed by atoms with van der Waals surface area (Å²) in [6.07, 6.45) is 8.29. The van der Waals surface area contributed by atoms with Crippen LogP contribution in [-0.4, -0.2) is 28.0 Å². The minimum absolute atomic E-state index is 0.0882. The van der Waals surface area contributed by atoms with Crippen LogP contribution in [-0.2, 0) is 6.42 Å². The van der Waals surface area contributed by atoms with Crippen molar-refractivity contribution in [3.8, 4) is 0 Å². The summed E-state index contributed by atoms with van der Waals surface area (Å²) in [6, 6.07) is 4.19. The summed E-state index contributed by atoms with van der Waals surface area (Å²) >= 11 is 0. The molecule has 0 radical (unpaired) electrons. The summed E-state index contributed by atoms with van der Waals surface area (Å²) in [6.45, 7) is 1.86. The highest BCUT2D eigenvalue weighted by Crippen LogP contribution is 2.50. The van der Waals surface area contributed by atoms with Gasteiger partial charge in [-0.15, -0.1) is 0 Å².